The number of imidazole rings is 1. The number of para-hydroxylation sites is 1. The van der Waals surface area contributed by atoms with E-state index in [0.717, 1.165) is 17.2 Å². The number of aromatic nitrogens is 2. The number of rotatable bonds is 6. The van der Waals surface area contributed by atoms with Gasteiger partial charge < -0.3 is 4.57 Å². The molecule has 2 heterocycles. The van der Waals surface area contributed by atoms with Crippen LogP contribution in [0.25, 0.3) is 5.69 Å². The van der Waals surface area contributed by atoms with Gasteiger partial charge in [-0.3, -0.25) is 0 Å². The second-order valence-corrected chi connectivity index (χ2v) is 8.01. The minimum absolute atomic E-state index is 0.325. The van der Waals surface area contributed by atoms with E-state index in [-0.39, 0.29) is 0 Å². The fraction of sp³-hybridized carbons (Fsp3) is 0.188. The van der Waals surface area contributed by atoms with Gasteiger partial charge in [0.05, 0.1) is 5.69 Å². The molecular formula is C16H17N3O2S2. The molecule has 120 valence electrons. The Morgan fingerprint density at radius 1 is 1.17 bits per heavy atom. The largest absolute Gasteiger partial charge is 0.304 e. The van der Waals surface area contributed by atoms with Crippen LogP contribution in [-0.4, -0.2) is 24.5 Å². The third kappa shape index (κ3) is 3.69. The number of nitrogens with one attached hydrogen (secondary N) is 1. The lowest BCUT2D eigenvalue weighted by Crippen LogP contribution is -2.25. The van der Waals surface area contributed by atoms with Gasteiger partial charge in [-0.15, -0.1) is 11.3 Å². The van der Waals surface area contributed by atoms with Crippen molar-refractivity contribution in [3.05, 3.63) is 65.6 Å². The molecule has 3 aromatic rings. The predicted octanol–water partition coefficient (Wildman–Crippen LogP) is 2.76. The SMILES string of the molecule is Cc1nc(CCNS(=O)(=O)c2cccs2)cn1-c1ccccc1. The fourth-order valence-corrected chi connectivity index (χ4v) is 4.37. The van der Waals surface area contributed by atoms with Crippen LogP contribution in [0.3, 0.4) is 0 Å². The molecule has 0 aliphatic rings. The number of hydrogen-bond donors (Lipinski definition) is 1. The molecule has 0 radical (unpaired) electrons. The summed E-state index contributed by atoms with van der Waals surface area (Å²) in [4.78, 5) is 4.50. The maximum absolute atomic E-state index is 12.1. The average Bonchev–Trinajstić information content (AvgIpc) is 3.18. The van der Waals surface area contributed by atoms with Crippen molar-refractivity contribution in [1.29, 1.82) is 0 Å². The molecule has 0 saturated carbocycles. The number of thiophene rings is 1. The number of hydrogen-bond acceptors (Lipinski definition) is 4. The Labute approximate surface area is 139 Å². The Hall–Kier alpha value is -1.96. The van der Waals surface area contributed by atoms with Gasteiger partial charge in [0.2, 0.25) is 10.0 Å². The number of benzene rings is 1. The van der Waals surface area contributed by atoms with Crippen LogP contribution < -0.4 is 4.72 Å². The quantitative estimate of drug-likeness (QED) is 0.746. The average molecular weight is 347 g/mol. The van der Waals surface area contributed by atoms with Crippen molar-refractivity contribution in [3.8, 4) is 5.69 Å². The Morgan fingerprint density at radius 2 is 1.96 bits per heavy atom. The first-order chi connectivity index (χ1) is 11.1. The van der Waals surface area contributed by atoms with E-state index in [1.165, 1.54) is 11.3 Å². The van der Waals surface area contributed by atoms with Gasteiger partial charge in [0.1, 0.15) is 10.0 Å². The summed E-state index contributed by atoms with van der Waals surface area (Å²) in [5.41, 5.74) is 1.91. The lowest BCUT2D eigenvalue weighted by Gasteiger charge is -2.03. The van der Waals surface area contributed by atoms with Crippen LogP contribution in [0.1, 0.15) is 11.5 Å². The summed E-state index contributed by atoms with van der Waals surface area (Å²) in [6.07, 6.45) is 2.50. The van der Waals surface area contributed by atoms with E-state index in [1.807, 2.05) is 48.0 Å². The van der Waals surface area contributed by atoms with Crippen molar-refractivity contribution in [3.63, 3.8) is 0 Å². The first kappa shape index (κ1) is 15.9. The molecule has 1 aromatic carbocycles. The second kappa shape index (κ2) is 6.66. The summed E-state index contributed by atoms with van der Waals surface area (Å²) in [7, 11) is -3.41. The molecule has 3 rings (SSSR count). The Kier molecular flexibility index (Phi) is 4.61. The molecule has 23 heavy (non-hydrogen) atoms. The number of nitrogens with zero attached hydrogens (tertiary/aromatic N) is 2. The molecule has 0 bridgehead atoms. The summed E-state index contributed by atoms with van der Waals surface area (Å²) in [6.45, 7) is 2.26. The molecule has 0 saturated heterocycles. The molecule has 0 aliphatic heterocycles. The fourth-order valence-electron chi connectivity index (χ4n) is 2.30. The van der Waals surface area contributed by atoms with Crippen LogP contribution in [-0.2, 0) is 16.4 Å². The normalized spacial score (nSPS) is 11.7. The molecule has 5 nitrogen and oxygen atoms in total. The highest BCUT2D eigenvalue weighted by Crippen LogP contribution is 2.15. The van der Waals surface area contributed by atoms with Crippen molar-refractivity contribution in [2.45, 2.75) is 17.6 Å². The topological polar surface area (TPSA) is 64.0 Å². The molecule has 0 unspecified atom stereocenters. The van der Waals surface area contributed by atoms with E-state index in [1.54, 1.807) is 17.5 Å². The van der Waals surface area contributed by atoms with Crippen LogP contribution in [0, 0.1) is 6.92 Å². The summed E-state index contributed by atoms with van der Waals surface area (Å²) in [5.74, 6) is 0.882. The molecule has 0 fully saturated rings. The zero-order valence-electron chi connectivity index (χ0n) is 12.6. The highest BCUT2D eigenvalue weighted by molar-refractivity contribution is 7.91. The molecule has 0 amide bonds. The number of aryl methyl sites for hydroxylation is 1. The lowest BCUT2D eigenvalue weighted by molar-refractivity contribution is 0.583. The van der Waals surface area contributed by atoms with Crippen molar-refractivity contribution >= 4 is 21.4 Å². The zero-order chi connectivity index (χ0) is 16.3. The number of sulfonamides is 1. The van der Waals surface area contributed by atoms with Crippen molar-refractivity contribution in [2.24, 2.45) is 0 Å². The first-order valence-corrected chi connectivity index (χ1v) is 9.56. The molecular weight excluding hydrogens is 330 g/mol. The van der Waals surface area contributed by atoms with E-state index < -0.39 is 10.0 Å². The molecule has 0 atom stereocenters. The monoisotopic (exact) mass is 347 g/mol. The highest BCUT2D eigenvalue weighted by Gasteiger charge is 2.14. The maximum atomic E-state index is 12.1. The predicted molar refractivity (Wildman–Crippen MR) is 91.5 cm³/mol. The van der Waals surface area contributed by atoms with Gasteiger partial charge in [0, 0.05) is 24.8 Å². The van der Waals surface area contributed by atoms with Crippen LogP contribution in [0.2, 0.25) is 0 Å². The summed E-state index contributed by atoms with van der Waals surface area (Å²) >= 11 is 1.21. The molecule has 2 aromatic heterocycles. The van der Waals surface area contributed by atoms with E-state index in [0.29, 0.717) is 17.2 Å². The van der Waals surface area contributed by atoms with Gasteiger partial charge in [-0.1, -0.05) is 24.3 Å². The standard InChI is InChI=1S/C16H17N3O2S2/c1-13-18-14(12-19(13)15-6-3-2-4-7-15)9-10-17-23(20,21)16-8-5-11-22-16/h2-8,11-12,17H,9-10H2,1H3. The minimum Gasteiger partial charge on any atom is -0.304 e. The first-order valence-electron chi connectivity index (χ1n) is 7.20. The second-order valence-electron chi connectivity index (χ2n) is 5.06. The Morgan fingerprint density at radius 3 is 2.65 bits per heavy atom. The van der Waals surface area contributed by atoms with Crippen LogP contribution >= 0.6 is 11.3 Å². The summed E-state index contributed by atoms with van der Waals surface area (Å²) in [6, 6.07) is 13.3. The van der Waals surface area contributed by atoms with Crippen LogP contribution in [0.5, 0.6) is 0 Å². The van der Waals surface area contributed by atoms with E-state index in [2.05, 4.69) is 9.71 Å². The smallest absolute Gasteiger partial charge is 0.250 e. The van der Waals surface area contributed by atoms with Gasteiger partial charge in [-0.25, -0.2) is 18.1 Å². The molecule has 0 aliphatic carbocycles. The van der Waals surface area contributed by atoms with Gasteiger partial charge in [0.25, 0.3) is 0 Å². The van der Waals surface area contributed by atoms with Gasteiger partial charge in [0.15, 0.2) is 0 Å². The van der Waals surface area contributed by atoms with Crippen molar-refractivity contribution in [2.75, 3.05) is 6.54 Å². The highest BCUT2D eigenvalue weighted by atomic mass is 32.2. The molecule has 1 N–H and O–H groups in total. The van der Waals surface area contributed by atoms with Crippen LogP contribution in [0.4, 0.5) is 0 Å². The van der Waals surface area contributed by atoms with Crippen molar-refractivity contribution < 1.29 is 8.42 Å². The van der Waals surface area contributed by atoms with Crippen molar-refractivity contribution in [1.82, 2.24) is 14.3 Å². The lowest BCUT2D eigenvalue weighted by atomic mass is 10.3. The maximum Gasteiger partial charge on any atom is 0.250 e. The summed E-state index contributed by atoms with van der Waals surface area (Å²) in [5, 5.41) is 1.75. The Balaban J connectivity index is 1.66. The summed E-state index contributed by atoms with van der Waals surface area (Å²) < 4.78 is 29.1. The minimum atomic E-state index is -3.41. The van der Waals surface area contributed by atoms with Gasteiger partial charge in [-0.05, 0) is 30.5 Å². The van der Waals surface area contributed by atoms with E-state index in [4.69, 9.17) is 0 Å². The van der Waals surface area contributed by atoms with E-state index in [9.17, 15) is 8.42 Å². The third-order valence-electron chi connectivity index (χ3n) is 3.40. The van der Waals surface area contributed by atoms with E-state index >= 15 is 0 Å². The third-order valence-corrected chi connectivity index (χ3v) is 6.26. The van der Waals surface area contributed by atoms with Gasteiger partial charge in [-0.2, -0.15) is 0 Å². The van der Waals surface area contributed by atoms with Crippen LogP contribution in [0.15, 0.2) is 58.3 Å². The zero-order valence-corrected chi connectivity index (χ0v) is 14.3. The Bertz CT molecular complexity index is 869. The molecule has 0 spiro atoms. The van der Waals surface area contributed by atoms with Gasteiger partial charge >= 0.3 is 0 Å². The molecule has 7 heteroatoms.